The Morgan fingerprint density at radius 2 is 2.24 bits per heavy atom. The van der Waals surface area contributed by atoms with E-state index >= 15 is 0 Å². The summed E-state index contributed by atoms with van der Waals surface area (Å²) in [5, 5.41) is 19.1. The molecule has 1 saturated heterocycles. The number of benzene rings is 1. The first-order valence-corrected chi connectivity index (χ1v) is 12.2. The number of H-pyrrole nitrogens is 1. The molecule has 3 aromatic heterocycles. The summed E-state index contributed by atoms with van der Waals surface area (Å²) < 4.78 is 7.61. The van der Waals surface area contributed by atoms with Crippen LogP contribution < -0.4 is 10.9 Å². The number of fused-ring (bicyclic) bond motifs is 1. The van der Waals surface area contributed by atoms with Crippen LogP contribution in [0.1, 0.15) is 46.3 Å². The Morgan fingerprint density at radius 3 is 3.03 bits per heavy atom. The topological polar surface area (TPSA) is 97.7 Å². The number of nitrogens with zero attached hydrogens (tertiary/aromatic N) is 4. The Balaban J connectivity index is 1.36. The van der Waals surface area contributed by atoms with Crippen LogP contribution in [0.2, 0.25) is 0 Å². The first-order valence-electron chi connectivity index (χ1n) is 11.3. The number of aromatic nitrogens is 5. The van der Waals surface area contributed by atoms with Crippen molar-refractivity contribution in [3.63, 3.8) is 0 Å². The minimum Gasteiger partial charge on any atom is -0.376 e. The SMILES string of the molecule is Cc1ccc2cc(CNC(Cc3nnnn3CC3CCCO3)c3cccs3)c(=O)[nH]c2c1C. The van der Waals surface area contributed by atoms with Crippen molar-refractivity contribution in [1.29, 1.82) is 0 Å². The van der Waals surface area contributed by atoms with Crippen LogP contribution in [0.4, 0.5) is 0 Å². The maximum absolute atomic E-state index is 12.8. The molecule has 2 unspecified atom stereocenters. The van der Waals surface area contributed by atoms with Crippen LogP contribution in [0.25, 0.3) is 10.9 Å². The molecule has 0 aliphatic carbocycles. The van der Waals surface area contributed by atoms with E-state index in [9.17, 15) is 4.79 Å². The highest BCUT2D eigenvalue weighted by molar-refractivity contribution is 7.10. The van der Waals surface area contributed by atoms with Crippen LogP contribution in [-0.4, -0.2) is 37.9 Å². The van der Waals surface area contributed by atoms with Gasteiger partial charge in [0, 0.05) is 36.1 Å². The molecule has 5 rings (SSSR count). The number of aromatic amines is 1. The molecule has 1 aliphatic rings. The van der Waals surface area contributed by atoms with Gasteiger partial charge in [-0.2, -0.15) is 0 Å². The average Bonchev–Trinajstić information content (AvgIpc) is 3.58. The van der Waals surface area contributed by atoms with Crippen LogP contribution >= 0.6 is 11.3 Å². The van der Waals surface area contributed by atoms with Crippen LogP contribution in [-0.2, 0) is 24.2 Å². The van der Waals surface area contributed by atoms with Crippen molar-refractivity contribution in [2.24, 2.45) is 0 Å². The van der Waals surface area contributed by atoms with E-state index < -0.39 is 0 Å². The van der Waals surface area contributed by atoms with Crippen LogP contribution in [0.3, 0.4) is 0 Å². The van der Waals surface area contributed by atoms with Crippen molar-refractivity contribution < 1.29 is 4.74 Å². The summed E-state index contributed by atoms with van der Waals surface area (Å²) >= 11 is 1.69. The number of pyridine rings is 1. The molecule has 0 spiro atoms. The van der Waals surface area contributed by atoms with Crippen molar-refractivity contribution >= 4 is 22.2 Å². The number of hydrogen-bond acceptors (Lipinski definition) is 7. The second kappa shape index (κ2) is 9.54. The van der Waals surface area contributed by atoms with Crippen molar-refractivity contribution in [3.05, 3.63) is 73.5 Å². The van der Waals surface area contributed by atoms with Crippen LogP contribution in [0.15, 0.2) is 40.5 Å². The van der Waals surface area contributed by atoms with E-state index in [1.807, 2.05) is 23.7 Å². The summed E-state index contributed by atoms with van der Waals surface area (Å²) in [5.41, 5.74) is 3.84. The predicted molar refractivity (Wildman–Crippen MR) is 128 cm³/mol. The van der Waals surface area contributed by atoms with Gasteiger partial charge in [-0.15, -0.1) is 16.4 Å². The molecule has 0 radical (unpaired) electrons. The molecule has 2 atom stereocenters. The molecule has 4 heterocycles. The lowest BCUT2D eigenvalue weighted by atomic mass is 10.0. The van der Waals surface area contributed by atoms with E-state index in [1.165, 1.54) is 10.4 Å². The Hall–Kier alpha value is -2.88. The molecule has 0 saturated carbocycles. The molecule has 8 nitrogen and oxygen atoms in total. The van der Waals surface area contributed by atoms with Crippen LogP contribution in [0.5, 0.6) is 0 Å². The van der Waals surface area contributed by atoms with Gasteiger partial charge < -0.3 is 15.0 Å². The second-order valence-electron chi connectivity index (χ2n) is 8.66. The zero-order valence-corrected chi connectivity index (χ0v) is 19.7. The van der Waals surface area contributed by atoms with E-state index in [2.05, 4.69) is 56.3 Å². The highest BCUT2D eigenvalue weighted by atomic mass is 32.1. The number of hydrogen-bond donors (Lipinski definition) is 2. The van der Waals surface area contributed by atoms with Gasteiger partial charge in [0.05, 0.1) is 18.2 Å². The summed E-state index contributed by atoms with van der Waals surface area (Å²) in [6.07, 6.45) is 2.92. The molecule has 172 valence electrons. The molecule has 1 aliphatic heterocycles. The molecular weight excluding hydrogens is 436 g/mol. The van der Waals surface area contributed by atoms with E-state index in [1.54, 1.807) is 11.3 Å². The fourth-order valence-electron chi connectivity index (χ4n) is 4.37. The fourth-order valence-corrected chi connectivity index (χ4v) is 5.17. The smallest absolute Gasteiger partial charge is 0.252 e. The predicted octanol–water partition coefficient (Wildman–Crippen LogP) is 3.45. The molecule has 4 aromatic rings. The Bertz CT molecular complexity index is 1290. The third-order valence-corrected chi connectivity index (χ3v) is 7.43. The van der Waals surface area contributed by atoms with Gasteiger partial charge in [0.1, 0.15) is 0 Å². The molecule has 9 heteroatoms. The van der Waals surface area contributed by atoms with Crippen molar-refractivity contribution in [2.45, 2.75) is 58.3 Å². The number of ether oxygens (including phenoxy) is 1. The standard InChI is InChI=1S/C24H28N6O2S/c1-15-7-8-17-11-18(24(31)26-23(17)16(15)2)13-25-20(21-6-4-10-33-21)12-22-27-28-29-30(22)14-19-5-3-9-32-19/h4,6-8,10-11,19-20,25H,3,5,9,12-14H2,1-2H3,(H,26,31). The second-order valence-corrected chi connectivity index (χ2v) is 9.64. The van der Waals surface area contributed by atoms with E-state index in [0.29, 0.717) is 25.1 Å². The third kappa shape index (κ3) is 4.75. The van der Waals surface area contributed by atoms with Crippen molar-refractivity contribution in [3.8, 4) is 0 Å². The van der Waals surface area contributed by atoms with Crippen molar-refractivity contribution in [2.75, 3.05) is 6.61 Å². The van der Waals surface area contributed by atoms with E-state index in [0.717, 1.165) is 41.7 Å². The molecule has 33 heavy (non-hydrogen) atoms. The van der Waals surface area contributed by atoms with Gasteiger partial charge in [-0.3, -0.25) is 4.79 Å². The lowest BCUT2D eigenvalue weighted by molar-refractivity contribution is 0.0925. The number of aryl methyl sites for hydroxylation is 2. The van der Waals surface area contributed by atoms with E-state index in [-0.39, 0.29) is 17.7 Å². The fraction of sp³-hybridized carbons (Fsp3) is 0.417. The number of thiophene rings is 1. The van der Waals surface area contributed by atoms with Crippen LogP contribution in [0, 0.1) is 13.8 Å². The highest BCUT2D eigenvalue weighted by Crippen LogP contribution is 2.24. The summed E-state index contributed by atoms with van der Waals surface area (Å²) in [7, 11) is 0. The molecule has 1 aromatic carbocycles. The monoisotopic (exact) mass is 464 g/mol. The van der Waals surface area contributed by atoms with Gasteiger partial charge >= 0.3 is 0 Å². The van der Waals surface area contributed by atoms with Gasteiger partial charge in [-0.05, 0) is 71.1 Å². The van der Waals surface area contributed by atoms with Crippen molar-refractivity contribution in [1.82, 2.24) is 30.5 Å². The van der Waals surface area contributed by atoms with Gasteiger partial charge in [0.2, 0.25) is 0 Å². The van der Waals surface area contributed by atoms with E-state index in [4.69, 9.17) is 4.74 Å². The zero-order valence-electron chi connectivity index (χ0n) is 18.9. The molecule has 1 fully saturated rings. The number of nitrogens with one attached hydrogen (secondary N) is 2. The maximum atomic E-state index is 12.8. The lowest BCUT2D eigenvalue weighted by Gasteiger charge is -2.18. The molecule has 2 N–H and O–H groups in total. The summed E-state index contributed by atoms with van der Waals surface area (Å²) in [4.78, 5) is 17.1. The Labute approximate surface area is 196 Å². The summed E-state index contributed by atoms with van der Waals surface area (Å²) in [5.74, 6) is 0.815. The largest absolute Gasteiger partial charge is 0.376 e. The quantitative estimate of drug-likeness (QED) is 0.415. The molecule has 0 bridgehead atoms. The number of rotatable bonds is 8. The van der Waals surface area contributed by atoms with Gasteiger partial charge in [-0.25, -0.2) is 4.68 Å². The Morgan fingerprint density at radius 1 is 1.33 bits per heavy atom. The van der Waals surface area contributed by atoms with Gasteiger partial charge in [0.15, 0.2) is 5.82 Å². The van der Waals surface area contributed by atoms with Gasteiger partial charge in [-0.1, -0.05) is 18.2 Å². The first kappa shape index (κ1) is 21.9. The molecule has 0 amide bonds. The summed E-state index contributed by atoms with van der Waals surface area (Å²) in [6, 6.07) is 10.3. The average molecular weight is 465 g/mol. The number of tetrazole rings is 1. The zero-order chi connectivity index (χ0) is 22.8. The maximum Gasteiger partial charge on any atom is 0.252 e. The minimum atomic E-state index is -0.0585. The third-order valence-electron chi connectivity index (χ3n) is 6.45. The minimum absolute atomic E-state index is 0.00547. The Kier molecular flexibility index (Phi) is 6.34. The first-order chi connectivity index (χ1) is 16.1. The molecular formula is C24H28N6O2S. The lowest BCUT2D eigenvalue weighted by Crippen LogP contribution is -2.27. The summed E-state index contributed by atoms with van der Waals surface area (Å²) in [6.45, 7) is 6.03. The highest BCUT2D eigenvalue weighted by Gasteiger charge is 2.22. The normalized spacial score (nSPS) is 17.1. The van der Waals surface area contributed by atoms with Gasteiger partial charge in [0.25, 0.3) is 5.56 Å².